The number of urea groups is 1. The standard InChI is InChI=1S/C25H30N4O2/c1-27(2)25(31)29(21-12-13-21)18-24(30)28(17-19-8-4-3-5-9-19)15-14-20-16-26-23-11-7-6-10-22(20)23/h3-11,16,21,26H,12-15,17-18H2,1-2H3. The van der Waals surface area contributed by atoms with Crippen LogP contribution in [0.25, 0.3) is 10.9 Å². The Morgan fingerprint density at radius 3 is 2.42 bits per heavy atom. The molecule has 1 fully saturated rings. The number of hydrogen-bond acceptors (Lipinski definition) is 2. The van der Waals surface area contributed by atoms with Gasteiger partial charge < -0.3 is 19.7 Å². The molecular weight excluding hydrogens is 388 g/mol. The Morgan fingerprint density at radius 1 is 1.00 bits per heavy atom. The molecule has 0 atom stereocenters. The fourth-order valence-corrected chi connectivity index (χ4v) is 3.93. The Hall–Kier alpha value is -3.28. The number of aromatic nitrogens is 1. The van der Waals surface area contributed by atoms with Gasteiger partial charge in [-0.3, -0.25) is 4.79 Å². The first-order chi connectivity index (χ1) is 15.0. The summed E-state index contributed by atoms with van der Waals surface area (Å²) < 4.78 is 0. The van der Waals surface area contributed by atoms with Crippen molar-refractivity contribution in [3.63, 3.8) is 0 Å². The van der Waals surface area contributed by atoms with Crippen LogP contribution in [0.2, 0.25) is 0 Å². The minimum atomic E-state index is -0.0906. The van der Waals surface area contributed by atoms with Crippen molar-refractivity contribution in [2.45, 2.75) is 31.8 Å². The van der Waals surface area contributed by atoms with Crippen LogP contribution in [0.3, 0.4) is 0 Å². The van der Waals surface area contributed by atoms with E-state index in [9.17, 15) is 9.59 Å². The molecular formula is C25H30N4O2. The highest BCUT2D eigenvalue weighted by atomic mass is 16.2. The van der Waals surface area contributed by atoms with E-state index in [1.54, 1.807) is 23.9 Å². The molecule has 1 aliphatic rings. The van der Waals surface area contributed by atoms with E-state index in [2.05, 4.69) is 17.1 Å². The maximum Gasteiger partial charge on any atom is 0.320 e. The molecule has 1 heterocycles. The minimum Gasteiger partial charge on any atom is -0.361 e. The Kier molecular flexibility index (Phi) is 6.26. The summed E-state index contributed by atoms with van der Waals surface area (Å²) in [7, 11) is 3.47. The van der Waals surface area contributed by atoms with Crippen LogP contribution in [0, 0.1) is 0 Å². The largest absolute Gasteiger partial charge is 0.361 e. The first-order valence-corrected chi connectivity index (χ1v) is 10.9. The predicted octanol–water partition coefficient (Wildman–Crippen LogP) is 3.89. The molecule has 1 N–H and O–H groups in total. The molecule has 162 valence electrons. The maximum atomic E-state index is 13.3. The van der Waals surface area contributed by atoms with Gasteiger partial charge in [-0.15, -0.1) is 0 Å². The summed E-state index contributed by atoms with van der Waals surface area (Å²) in [5.74, 6) is -0.00852. The van der Waals surface area contributed by atoms with E-state index in [0.29, 0.717) is 13.1 Å². The Balaban J connectivity index is 1.50. The molecule has 31 heavy (non-hydrogen) atoms. The number of hydrogen-bond donors (Lipinski definition) is 1. The Labute approximate surface area is 183 Å². The molecule has 6 heteroatoms. The Morgan fingerprint density at radius 2 is 1.71 bits per heavy atom. The van der Waals surface area contributed by atoms with Gasteiger partial charge in [0.2, 0.25) is 5.91 Å². The van der Waals surface area contributed by atoms with Gasteiger partial charge in [-0.1, -0.05) is 48.5 Å². The summed E-state index contributed by atoms with van der Waals surface area (Å²) in [4.78, 5) is 34.4. The molecule has 0 saturated heterocycles. The molecule has 0 spiro atoms. The number of aromatic amines is 1. The van der Waals surface area contributed by atoms with E-state index < -0.39 is 0 Å². The van der Waals surface area contributed by atoms with Crippen molar-refractivity contribution < 1.29 is 9.59 Å². The minimum absolute atomic E-state index is 0.00852. The molecule has 2 aromatic carbocycles. The number of carbonyl (C=O) groups excluding carboxylic acids is 2. The number of para-hydroxylation sites is 1. The fourth-order valence-electron chi connectivity index (χ4n) is 3.93. The number of benzene rings is 2. The maximum absolute atomic E-state index is 13.3. The van der Waals surface area contributed by atoms with Crippen LogP contribution >= 0.6 is 0 Å². The van der Waals surface area contributed by atoms with Crippen molar-refractivity contribution >= 4 is 22.8 Å². The zero-order valence-electron chi connectivity index (χ0n) is 18.3. The van der Waals surface area contributed by atoms with Crippen molar-refractivity contribution in [2.75, 3.05) is 27.2 Å². The quantitative estimate of drug-likeness (QED) is 0.603. The van der Waals surface area contributed by atoms with Crippen molar-refractivity contribution in [1.29, 1.82) is 0 Å². The normalized spacial score (nSPS) is 13.2. The average Bonchev–Trinajstić information content (AvgIpc) is 3.54. The zero-order valence-corrected chi connectivity index (χ0v) is 18.3. The van der Waals surface area contributed by atoms with E-state index in [1.165, 1.54) is 10.9 Å². The third kappa shape index (κ3) is 5.08. The number of H-pyrrole nitrogens is 1. The number of carbonyl (C=O) groups is 2. The molecule has 1 aliphatic carbocycles. The lowest BCUT2D eigenvalue weighted by Gasteiger charge is -2.29. The number of fused-ring (bicyclic) bond motifs is 1. The van der Waals surface area contributed by atoms with E-state index in [1.807, 2.05) is 53.6 Å². The summed E-state index contributed by atoms with van der Waals surface area (Å²) in [6.45, 7) is 1.27. The third-order valence-corrected chi connectivity index (χ3v) is 5.82. The predicted molar refractivity (Wildman–Crippen MR) is 123 cm³/mol. The van der Waals surface area contributed by atoms with Gasteiger partial charge in [-0.2, -0.15) is 0 Å². The number of nitrogens with zero attached hydrogens (tertiary/aromatic N) is 3. The van der Waals surface area contributed by atoms with Gasteiger partial charge in [-0.25, -0.2) is 4.79 Å². The van der Waals surface area contributed by atoms with Gasteiger partial charge in [0.05, 0.1) is 0 Å². The molecule has 0 aliphatic heterocycles. The lowest BCUT2D eigenvalue weighted by atomic mass is 10.1. The van der Waals surface area contributed by atoms with Crippen LogP contribution in [-0.2, 0) is 17.8 Å². The van der Waals surface area contributed by atoms with Gasteiger partial charge in [0.15, 0.2) is 0 Å². The SMILES string of the molecule is CN(C)C(=O)N(CC(=O)N(CCc1c[nH]c2ccccc12)Cc1ccccc1)C1CC1. The topological polar surface area (TPSA) is 59.7 Å². The monoisotopic (exact) mass is 418 g/mol. The van der Waals surface area contributed by atoms with E-state index in [0.717, 1.165) is 30.3 Å². The lowest BCUT2D eigenvalue weighted by molar-refractivity contribution is -0.132. The van der Waals surface area contributed by atoms with Crippen molar-refractivity contribution in [2.24, 2.45) is 0 Å². The second-order valence-electron chi connectivity index (χ2n) is 8.45. The lowest BCUT2D eigenvalue weighted by Crippen LogP contribution is -2.47. The van der Waals surface area contributed by atoms with Crippen molar-refractivity contribution in [3.8, 4) is 0 Å². The molecule has 4 rings (SSSR count). The first kappa shape index (κ1) is 21.0. The van der Waals surface area contributed by atoms with Crippen LogP contribution in [0.5, 0.6) is 0 Å². The number of nitrogens with one attached hydrogen (secondary N) is 1. The molecule has 0 radical (unpaired) electrons. The van der Waals surface area contributed by atoms with E-state index >= 15 is 0 Å². The van der Waals surface area contributed by atoms with Crippen LogP contribution in [0.1, 0.15) is 24.0 Å². The second-order valence-corrected chi connectivity index (χ2v) is 8.45. The molecule has 0 unspecified atom stereocenters. The van der Waals surface area contributed by atoms with Gasteiger partial charge >= 0.3 is 6.03 Å². The highest BCUT2D eigenvalue weighted by Crippen LogP contribution is 2.27. The van der Waals surface area contributed by atoms with Crippen LogP contribution < -0.4 is 0 Å². The molecule has 3 amide bonds. The molecule has 3 aromatic rings. The Bertz CT molecular complexity index is 1040. The van der Waals surface area contributed by atoms with Crippen LogP contribution in [0.4, 0.5) is 4.79 Å². The number of rotatable bonds is 8. The van der Waals surface area contributed by atoms with Crippen LogP contribution in [0.15, 0.2) is 60.8 Å². The molecule has 0 bridgehead atoms. The second kappa shape index (κ2) is 9.25. The molecule has 1 saturated carbocycles. The summed E-state index contributed by atoms with van der Waals surface area (Å²) >= 11 is 0. The highest BCUT2D eigenvalue weighted by Gasteiger charge is 2.35. The first-order valence-electron chi connectivity index (χ1n) is 10.9. The van der Waals surface area contributed by atoms with Gasteiger partial charge in [0.25, 0.3) is 0 Å². The summed E-state index contributed by atoms with van der Waals surface area (Å²) in [6, 6.07) is 18.3. The van der Waals surface area contributed by atoms with Gasteiger partial charge in [-0.05, 0) is 36.5 Å². The third-order valence-electron chi connectivity index (χ3n) is 5.82. The van der Waals surface area contributed by atoms with Gasteiger partial charge in [0.1, 0.15) is 6.54 Å². The summed E-state index contributed by atoms with van der Waals surface area (Å²) in [6.07, 6.45) is 4.73. The van der Waals surface area contributed by atoms with Crippen molar-refractivity contribution in [1.82, 2.24) is 19.7 Å². The van der Waals surface area contributed by atoms with Crippen molar-refractivity contribution in [3.05, 3.63) is 71.9 Å². The van der Waals surface area contributed by atoms with E-state index in [4.69, 9.17) is 0 Å². The zero-order chi connectivity index (χ0) is 21.8. The number of amides is 3. The molecule has 1 aromatic heterocycles. The van der Waals surface area contributed by atoms with Crippen LogP contribution in [-0.4, -0.2) is 64.8 Å². The smallest absolute Gasteiger partial charge is 0.320 e. The fraction of sp³-hybridized carbons (Fsp3) is 0.360. The molecule has 6 nitrogen and oxygen atoms in total. The van der Waals surface area contributed by atoms with Gasteiger partial charge in [0, 0.05) is 50.3 Å². The highest BCUT2D eigenvalue weighted by molar-refractivity contribution is 5.85. The average molecular weight is 419 g/mol. The van der Waals surface area contributed by atoms with E-state index in [-0.39, 0.29) is 24.5 Å². The summed E-state index contributed by atoms with van der Waals surface area (Å²) in [5.41, 5.74) is 3.39. The summed E-state index contributed by atoms with van der Waals surface area (Å²) in [5, 5.41) is 1.19.